The van der Waals surface area contributed by atoms with Gasteiger partial charge in [0, 0.05) is 24.4 Å². The van der Waals surface area contributed by atoms with Crippen LogP contribution in [0.3, 0.4) is 0 Å². The van der Waals surface area contributed by atoms with E-state index in [1.54, 1.807) is 30.3 Å². The third kappa shape index (κ3) is 6.28. The summed E-state index contributed by atoms with van der Waals surface area (Å²) < 4.78 is 19.2. The zero-order valence-electron chi connectivity index (χ0n) is 20.9. The van der Waals surface area contributed by atoms with E-state index in [0.717, 1.165) is 25.0 Å². The molecule has 0 fully saturated rings. The molecular formula is C30H32FN3O3. The third-order valence-electron chi connectivity index (χ3n) is 6.85. The maximum atomic E-state index is 14.2. The van der Waals surface area contributed by atoms with Gasteiger partial charge in [0.15, 0.2) is 11.6 Å². The van der Waals surface area contributed by atoms with E-state index in [0.29, 0.717) is 29.5 Å². The van der Waals surface area contributed by atoms with E-state index in [1.807, 2.05) is 18.2 Å². The van der Waals surface area contributed by atoms with Gasteiger partial charge >= 0.3 is 0 Å². The molecule has 2 N–H and O–H groups in total. The second-order valence-corrected chi connectivity index (χ2v) is 9.33. The van der Waals surface area contributed by atoms with Crippen molar-refractivity contribution in [2.45, 2.75) is 37.8 Å². The van der Waals surface area contributed by atoms with Gasteiger partial charge in [0.05, 0.1) is 31.9 Å². The molecule has 2 unspecified atom stereocenters. The first-order chi connectivity index (χ1) is 18.0. The minimum Gasteiger partial charge on any atom is -0.494 e. The highest BCUT2D eigenvalue weighted by atomic mass is 19.1. The number of unbranched alkanes of at least 4 members (excludes halogenated alkanes) is 2. The van der Waals surface area contributed by atoms with Crippen molar-refractivity contribution < 1.29 is 19.0 Å². The molecule has 0 bridgehead atoms. The van der Waals surface area contributed by atoms with Crippen LogP contribution in [0.4, 0.5) is 4.39 Å². The molecule has 0 aromatic heterocycles. The number of hydrogen-bond donors (Lipinski definition) is 2. The van der Waals surface area contributed by atoms with Crippen LogP contribution >= 0.6 is 0 Å². The van der Waals surface area contributed by atoms with Crippen LogP contribution in [0.25, 0.3) is 11.1 Å². The molecule has 6 nitrogen and oxygen atoms in total. The number of aliphatic hydroxyl groups is 1. The Hall–Kier alpha value is -3.89. The second-order valence-electron chi connectivity index (χ2n) is 9.33. The first kappa shape index (κ1) is 26.2. The maximum Gasteiger partial charge on any atom is 0.251 e. The van der Waals surface area contributed by atoms with E-state index in [4.69, 9.17) is 10.00 Å². The van der Waals surface area contributed by atoms with Crippen LogP contribution in [-0.2, 0) is 0 Å². The SMILES string of the molecule is COc1ccc(-c2cccc(C(=O)N[C@@H](CO)CC3=CN(CCCCC#N)C4C=CC=CC34)c2)cc1F. The largest absolute Gasteiger partial charge is 0.494 e. The van der Waals surface area contributed by atoms with Gasteiger partial charge in [-0.25, -0.2) is 4.39 Å². The number of nitrogens with one attached hydrogen (secondary N) is 1. The highest BCUT2D eigenvalue weighted by molar-refractivity contribution is 5.95. The van der Waals surface area contributed by atoms with Crippen LogP contribution in [-0.4, -0.2) is 48.3 Å². The maximum absolute atomic E-state index is 14.2. The van der Waals surface area contributed by atoms with E-state index in [1.165, 1.54) is 13.2 Å². The number of rotatable bonds is 11. The summed E-state index contributed by atoms with van der Waals surface area (Å²) >= 11 is 0. The van der Waals surface area contributed by atoms with E-state index >= 15 is 0 Å². The molecule has 37 heavy (non-hydrogen) atoms. The van der Waals surface area contributed by atoms with Crippen LogP contribution in [0, 0.1) is 23.1 Å². The normalized spacial score (nSPS) is 18.6. The average molecular weight is 502 g/mol. The molecule has 0 saturated heterocycles. The number of hydrogen-bond acceptors (Lipinski definition) is 5. The Morgan fingerprint density at radius 3 is 2.76 bits per heavy atom. The summed E-state index contributed by atoms with van der Waals surface area (Å²) in [5, 5.41) is 21.9. The molecule has 1 amide bonds. The number of nitriles is 1. The minimum atomic E-state index is -0.468. The van der Waals surface area contributed by atoms with Gasteiger partial charge in [-0.1, -0.05) is 42.5 Å². The third-order valence-corrected chi connectivity index (χ3v) is 6.85. The zero-order valence-corrected chi connectivity index (χ0v) is 20.9. The van der Waals surface area contributed by atoms with Crippen molar-refractivity contribution in [3.05, 3.63) is 89.9 Å². The van der Waals surface area contributed by atoms with Gasteiger partial charge in [-0.2, -0.15) is 5.26 Å². The predicted octanol–water partition coefficient (Wildman–Crippen LogP) is 4.99. The Balaban J connectivity index is 1.44. The van der Waals surface area contributed by atoms with E-state index in [-0.39, 0.29) is 30.2 Å². The number of amides is 1. The topological polar surface area (TPSA) is 85.6 Å². The number of fused-ring (bicyclic) bond motifs is 1. The fourth-order valence-corrected chi connectivity index (χ4v) is 4.94. The van der Waals surface area contributed by atoms with E-state index in [9.17, 15) is 14.3 Å². The van der Waals surface area contributed by atoms with Gasteiger partial charge in [-0.05, 0) is 66.4 Å². The number of benzene rings is 2. The van der Waals surface area contributed by atoms with Gasteiger partial charge < -0.3 is 20.1 Å². The standard InChI is InChI=1S/C30H32FN3O3/c1-37-29-13-12-22(18-27(29)31)21-8-7-9-23(16-21)30(36)33-25(20-35)17-24-19-34(15-6-2-5-14-32)28-11-4-3-10-26(24)28/h3-4,7-13,16,18-19,25-26,28,35H,2,5-6,15,17,20H2,1H3,(H,33,36)/t25-,26?,28?/m1/s1. The Bertz CT molecular complexity index is 1250. The summed E-state index contributed by atoms with van der Waals surface area (Å²) in [6.45, 7) is 0.672. The molecule has 2 aromatic rings. The number of ether oxygens (including phenoxy) is 1. The summed E-state index contributed by atoms with van der Waals surface area (Å²) in [7, 11) is 1.41. The van der Waals surface area contributed by atoms with Gasteiger partial charge in [0.25, 0.3) is 5.91 Å². The number of nitrogens with zero attached hydrogens (tertiary/aromatic N) is 2. The minimum absolute atomic E-state index is 0.163. The van der Waals surface area contributed by atoms with Crippen molar-refractivity contribution in [3.8, 4) is 22.9 Å². The van der Waals surface area contributed by atoms with Crippen molar-refractivity contribution in [2.24, 2.45) is 5.92 Å². The number of allylic oxidation sites excluding steroid dienone is 2. The fourth-order valence-electron chi connectivity index (χ4n) is 4.94. The van der Waals surface area contributed by atoms with E-state index in [2.05, 4.69) is 34.6 Å². The number of aliphatic hydroxyl groups excluding tert-OH is 1. The molecule has 1 aliphatic carbocycles. The first-order valence-electron chi connectivity index (χ1n) is 12.6. The summed E-state index contributed by atoms with van der Waals surface area (Å²) in [6.07, 6.45) is 13.5. The Kier molecular flexibility index (Phi) is 8.76. The molecule has 1 aliphatic heterocycles. The highest BCUT2D eigenvalue weighted by Crippen LogP contribution is 2.35. The lowest BCUT2D eigenvalue weighted by Gasteiger charge is -2.28. The Morgan fingerprint density at radius 1 is 1.19 bits per heavy atom. The number of methoxy groups -OCH3 is 1. The molecule has 192 valence electrons. The summed E-state index contributed by atoms with van der Waals surface area (Å²) in [5.74, 6) is -0.405. The van der Waals surface area contributed by atoms with Crippen molar-refractivity contribution >= 4 is 5.91 Å². The van der Waals surface area contributed by atoms with Gasteiger partial charge in [-0.3, -0.25) is 4.79 Å². The molecule has 2 aliphatic rings. The lowest BCUT2D eigenvalue weighted by atomic mass is 9.87. The predicted molar refractivity (Wildman–Crippen MR) is 141 cm³/mol. The molecule has 0 saturated carbocycles. The Labute approximate surface area is 217 Å². The van der Waals surface area contributed by atoms with Gasteiger partial charge in [-0.15, -0.1) is 0 Å². The van der Waals surface area contributed by atoms with Crippen LogP contribution in [0.2, 0.25) is 0 Å². The molecule has 2 aromatic carbocycles. The first-order valence-corrected chi connectivity index (χ1v) is 12.6. The van der Waals surface area contributed by atoms with Gasteiger partial charge in [0.2, 0.25) is 0 Å². The molecule has 0 radical (unpaired) electrons. The van der Waals surface area contributed by atoms with Crippen LogP contribution in [0.15, 0.2) is 78.5 Å². The van der Waals surface area contributed by atoms with Crippen molar-refractivity contribution in [2.75, 3.05) is 20.3 Å². The van der Waals surface area contributed by atoms with E-state index < -0.39 is 11.9 Å². The number of carbonyl (C=O) groups excluding carboxylic acids is 1. The monoisotopic (exact) mass is 501 g/mol. The molecule has 4 rings (SSSR count). The van der Waals surface area contributed by atoms with Crippen molar-refractivity contribution in [3.63, 3.8) is 0 Å². The smallest absolute Gasteiger partial charge is 0.251 e. The molecule has 3 atom stereocenters. The molecule has 0 spiro atoms. The molecule has 7 heteroatoms. The molecule has 1 heterocycles. The Morgan fingerprint density at radius 2 is 2.00 bits per heavy atom. The van der Waals surface area contributed by atoms with Crippen LogP contribution in [0.5, 0.6) is 5.75 Å². The molecular weight excluding hydrogens is 469 g/mol. The summed E-state index contributed by atoms with van der Waals surface area (Å²) in [6, 6.07) is 13.7. The highest BCUT2D eigenvalue weighted by Gasteiger charge is 2.33. The quantitative estimate of drug-likeness (QED) is 0.424. The number of carbonyl (C=O) groups is 1. The summed E-state index contributed by atoms with van der Waals surface area (Å²) in [5.41, 5.74) is 2.95. The second kappa shape index (κ2) is 12.4. The average Bonchev–Trinajstić information content (AvgIpc) is 3.27. The van der Waals surface area contributed by atoms with Crippen LogP contribution < -0.4 is 10.1 Å². The summed E-state index contributed by atoms with van der Waals surface area (Å²) in [4.78, 5) is 15.4. The van der Waals surface area contributed by atoms with Crippen molar-refractivity contribution in [1.82, 2.24) is 10.2 Å². The number of halogens is 1. The lowest BCUT2D eigenvalue weighted by molar-refractivity contribution is 0.0916. The fraction of sp³-hybridized carbons (Fsp3) is 0.333. The van der Waals surface area contributed by atoms with Gasteiger partial charge in [0.1, 0.15) is 0 Å². The lowest BCUT2D eigenvalue weighted by Crippen LogP contribution is -2.38. The van der Waals surface area contributed by atoms with Crippen molar-refractivity contribution in [1.29, 1.82) is 5.26 Å². The zero-order chi connectivity index (χ0) is 26.2. The van der Waals surface area contributed by atoms with Crippen LogP contribution in [0.1, 0.15) is 36.0 Å².